The summed E-state index contributed by atoms with van der Waals surface area (Å²) < 4.78 is 94.3. The zero-order valence-corrected chi connectivity index (χ0v) is 21.3. The van der Waals surface area contributed by atoms with Crippen LogP contribution in [0.25, 0.3) is 0 Å². The lowest BCUT2D eigenvalue weighted by Crippen LogP contribution is -2.49. The molecule has 2 bridgehead atoms. The molecule has 2 saturated carbocycles. The van der Waals surface area contributed by atoms with E-state index in [1.54, 1.807) is 0 Å². The molecule has 9 nitrogen and oxygen atoms in total. The van der Waals surface area contributed by atoms with Gasteiger partial charge in [-0.1, -0.05) is 11.6 Å². The van der Waals surface area contributed by atoms with Crippen LogP contribution >= 0.6 is 11.6 Å². The minimum Gasteiger partial charge on any atom is -0.387 e. The number of nitrogens with two attached hydrogens (primary N) is 1. The van der Waals surface area contributed by atoms with Crippen molar-refractivity contribution in [3.05, 3.63) is 58.4 Å². The molecular formula is C22H22ClF3N2O7S2. The molecule has 15 heteroatoms. The molecule has 2 aromatic rings. The molecule has 0 aromatic heterocycles. The van der Waals surface area contributed by atoms with E-state index in [1.807, 2.05) is 0 Å². The van der Waals surface area contributed by atoms with Crippen molar-refractivity contribution in [2.24, 2.45) is 17.0 Å². The number of halogens is 4. The number of hydrogen-bond acceptors (Lipinski definition) is 7. The molecule has 2 fully saturated rings. The van der Waals surface area contributed by atoms with Crippen molar-refractivity contribution < 1.29 is 44.1 Å². The first-order valence-electron chi connectivity index (χ1n) is 11.0. The van der Waals surface area contributed by atoms with E-state index in [2.05, 4.69) is 9.50 Å². The van der Waals surface area contributed by atoms with Crippen molar-refractivity contribution in [1.29, 1.82) is 0 Å². The molecule has 0 spiro atoms. The topological polar surface area (TPSA) is 153 Å². The van der Waals surface area contributed by atoms with Gasteiger partial charge in [0.05, 0.1) is 27.4 Å². The normalized spacial score (nSPS) is 25.7. The van der Waals surface area contributed by atoms with Crippen LogP contribution in [0.2, 0.25) is 5.02 Å². The molecular weight excluding hydrogens is 561 g/mol. The van der Waals surface area contributed by atoms with Gasteiger partial charge in [-0.05, 0) is 55.7 Å². The number of hydrogen-bond donors (Lipinski definition) is 3. The van der Waals surface area contributed by atoms with E-state index in [-0.39, 0.29) is 34.0 Å². The summed E-state index contributed by atoms with van der Waals surface area (Å²) in [6.07, 6.45) is 0.794. The smallest absolute Gasteiger partial charge is 0.333 e. The molecule has 0 saturated heterocycles. The number of aliphatic hydroxyl groups is 1. The fourth-order valence-corrected chi connectivity index (χ4v) is 8.52. The lowest BCUT2D eigenvalue weighted by Gasteiger charge is -2.40. The van der Waals surface area contributed by atoms with Crippen LogP contribution < -0.4 is 10.5 Å². The van der Waals surface area contributed by atoms with Crippen molar-refractivity contribution >= 4 is 43.3 Å². The zero-order valence-electron chi connectivity index (χ0n) is 19.0. The predicted molar refractivity (Wildman–Crippen MR) is 126 cm³/mol. The van der Waals surface area contributed by atoms with Gasteiger partial charge in [0.15, 0.2) is 27.3 Å². The van der Waals surface area contributed by atoms with E-state index in [0.717, 1.165) is 6.07 Å². The van der Waals surface area contributed by atoms with Crippen LogP contribution in [0.4, 0.5) is 18.9 Å². The van der Waals surface area contributed by atoms with E-state index in [1.165, 1.54) is 12.1 Å². The summed E-state index contributed by atoms with van der Waals surface area (Å²) in [5.41, 5.74) is -2.16. The lowest BCUT2D eigenvalue weighted by molar-refractivity contribution is -0.0509. The molecule has 0 radical (unpaired) electrons. The van der Waals surface area contributed by atoms with Crippen LogP contribution in [0, 0.1) is 29.3 Å². The van der Waals surface area contributed by atoms with Crippen LogP contribution in [0.1, 0.15) is 36.0 Å². The number of sulfone groups is 1. The summed E-state index contributed by atoms with van der Waals surface area (Å²) in [5, 5.41) is 16.7. The Bertz CT molecular complexity index is 1430. The molecule has 4 N–H and O–H groups in total. The fraction of sp³-hybridized carbons (Fsp3) is 0.409. The molecule has 2 atom stereocenters. The van der Waals surface area contributed by atoms with Crippen molar-refractivity contribution in [1.82, 2.24) is 0 Å². The second kappa shape index (κ2) is 9.82. The third-order valence-corrected chi connectivity index (χ3v) is 10.0. The van der Waals surface area contributed by atoms with Crippen LogP contribution in [0.15, 0.2) is 35.2 Å². The van der Waals surface area contributed by atoms with Crippen molar-refractivity contribution in [2.45, 2.75) is 41.4 Å². The molecule has 0 heterocycles. The van der Waals surface area contributed by atoms with Gasteiger partial charge in [-0.3, -0.25) is 8.98 Å². The van der Waals surface area contributed by atoms with E-state index in [4.69, 9.17) is 16.7 Å². The number of rotatable bonds is 7. The van der Waals surface area contributed by atoms with Crippen LogP contribution in [0.5, 0.6) is 0 Å². The van der Waals surface area contributed by atoms with Gasteiger partial charge >= 0.3 is 10.3 Å². The molecule has 37 heavy (non-hydrogen) atoms. The maximum absolute atomic E-state index is 13.7. The predicted octanol–water partition coefficient (Wildman–Crippen LogP) is 2.92. The Kier molecular flexibility index (Phi) is 7.38. The number of benzene rings is 2. The van der Waals surface area contributed by atoms with Crippen LogP contribution in [-0.2, 0) is 24.3 Å². The first-order valence-corrected chi connectivity index (χ1v) is 14.4. The zero-order chi connectivity index (χ0) is 27.3. The first-order chi connectivity index (χ1) is 17.1. The van der Waals surface area contributed by atoms with Crippen molar-refractivity contribution in [2.75, 3.05) is 11.9 Å². The summed E-state index contributed by atoms with van der Waals surface area (Å²) in [6, 6.07) is 4.59. The monoisotopic (exact) mass is 582 g/mol. The second-order valence-electron chi connectivity index (χ2n) is 9.35. The average molecular weight is 583 g/mol. The standard InChI is InChI=1S/C22H22ClF3N2O7S2/c23-15-4-3-11(21(29)28-14-6-16(24)19(26)17(25)7-14)5-18(15)36(31,32)20-12-1-2-13(20)9-22(30,8-12)10-35-37(27,33)34/h3-7,12-13,20,30H,1-2,8-10H2,(H,28,29)(H2,27,33,34). The summed E-state index contributed by atoms with van der Waals surface area (Å²) in [7, 11) is -8.45. The summed E-state index contributed by atoms with van der Waals surface area (Å²) >= 11 is 6.19. The Morgan fingerprint density at radius 2 is 1.65 bits per heavy atom. The Hall–Kier alpha value is -2.23. The number of amides is 1. The van der Waals surface area contributed by atoms with Crippen LogP contribution in [0.3, 0.4) is 0 Å². The van der Waals surface area contributed by atoms with Gasteiger partial charge in [-0.2, -0.15) is 8.42 Å². The third-order valence-electron chi connectivity index (χ3n) is 6.71. The van der Waals surface area contributed by atoms with Gasteiger partial charge < -0.3 is 10.4 Å². The molecule has 2 aliphatic carbocycles. The van der Waals surface area contributed by atoms with Crippen molar-refractivity contribution in [3.63, 3.8) is 0 Å². The maximum Gasteiger partial charge on any atom is 0.333 e. The summed E-state index contributed by atoms with van der Waals surface area (Å²) in [6.45, 7) is -0.605. The highest BCUT2D eigenvalue weighted by atomic mass is 35.5. The molecule has 202 valence electrons. The maximum atomic E-state index is 13.7. The molecule has 4 rings (SSSR count). The Morgan fingerprint density at radius 1 is 1.08 bits per heavy atom. The van der Waals surface area contributed by atoms with E-state index < -0.39 is 72.8 Å². The Morgan fingerprint density at radius 3 is 2.19 bits per heavy atom. The highest BCUT2D eigenvalue weighted by molar-refractivity contribution is 7.92. The van der Waals surface area contributed by atoms with Gasteiger partial charge in [0, 0.05) is 23.4 Å². The molecule has 2 aliphatic rings. The first kappa shape index (κ1) is 27.8. The van der Waals surface area contributed by atoms with Gasteiger partial charge in [0.2, 0.25) is 0 Å². The van der Waals surface area contributed by atoms with Crippen LogP contribution in [-0.4, -0.2) is 45.3 Å². The lowest BCUT2D eigenvalue weighted by atomic mass is 9.77. The van der Waals surface area contributed by atoms with E-state index in [0.29, 0.717) is 25.0 Å². The van der Waals surface area contributed by atoms with Gasteiger partial charge in [0.25, 0.3) is 5.91 Å². The molecule has 2 aromatic carbocycles. The number of nitrogens with one attached hydrogen (secondary N) is 1. The van der Waals surface area contributed by atoms with Gasteiger partial charge in [-0.25, -0.2) is 26.7 Å². The minimum atomic E-state index is -4.30. The highest BCUT2D eigenvalue weighted by Crippen LogP contribution is 2.51. The minimum absolute atomic E-state index is 0.0532. The third kappa shape index (κ3) is 5.78. The number of carbonyl (C=O) groups excluding carboxylic acids is 1. The highest BCUT2D eigenvalue weighted by Gasteiger charge is 2.54. The largest absolute Gasteiger partial charge is 0.387 e. The van der Waals surface area contributed by atoms with E-state index >= 15 is 0 Å². The Labute approximate surface area is 215 Å². The Balaban J connectivity index is 1.58. The quantitative estimate of drug-likeness (QED) is 0.424. The number of carbonyl (C=O) groups is 1. The second-order valence-corrected chi connectivity index (χ2v) is 13.1. The average Bonchev–Trinajstić information content (AvgIpc) is 3.09. The molecule has 2 unspecified atom stereocenters. The molecule has 1 amide bonds. The summed E-state index contributed by atoms with van der Waals surface area (Å²) in [5.74, 6) is -6.75. The fourth-order valence-electron chi connectivity index (χ4n) is 5.29. The SMILES string of the molecule is NS(=O)(=O)OCC1(O)CC2CCC(C1)C2S(=O)(=O)c1cc(C(=O)Nc2cc(F)c(F)c(F)c2)ccc1Cl. The van der Waals surface area contributed by atoms with Gasteiger partial charge in [-0.15, -0.1) is 0 Å². The number of fused-ring (bicyclic) bond motifs is 2. The van der Waals surface area contributed by atoms with Crippen molar-refractivity contribution in [3.8, 4) is 0 Å². The molecule has 0 aliphatic heterocycles. The number of anilines is 1. The van der Waals surface area contributed by atoms with E-state index in [9.17, 15) is 39.9 Å². The van der Waals surface area contributed by atoms with Gasteiger partial charge in [0.1, 0.15) is 0 Å². The summed E-state index contributed by atoms with van der Waals surface area (Å²) in [4.78, 5) is 12.3.